The van der Waals surface area contributed by atoms with Gasteiger partial charge in [-0.15, -0.1) is 0 Å². The van der Waals surface area contributed by atoms with Gasteiger partial charge >= 0.3 is 0 Å². The predicted molar refractivity (Wildman–Crippen MR) is 118 cm³/mol. The lowest BCUT2D eigenvalue weighted by molar-refractivity contribution is 0.0804. The van der Waals surface area contributed by atoms with Gasteiger partial charge in [0.15, 0.2) is 0 Å². The lowest BCUT2D eigenvalue weighted by atomic mass is 9.66. The van der Waals surface area contributed by atoms with Gasteiger partial charge in [0.25, 0.3) is 5.91 Å². The Morgan fingerprint density at radius 1 is 0.862 bits per heavy atom. The molecule has 150 valence electrons. The molecular formula is C26H29NO2. The summed E-state index contributed by atoms with van der Waals surface area (Å²) in [5, 5.41) is 14.4. The molecule has 3 rings (SSSR count). The van der Waals surface area contributed by atoms with E-state index in [4.69, 9.17) is 0 Å². The van der Waals surface area contributed by atoms with Gasteiger partial charge in [-0.3, -0.25) is 4.79 Å². The molecule has 3 nitrogen and oxygen atoms in total. The second-order valence-electron chi connectivity index (χ2n) is 7.57. The minimum atomic E-state index is -0.610. The molecule has 0 saturated heterocycles. The zero-order chi connectivity index (χ0) is 20.7. The number of aliphatic hydroxyl groups is 1. The molecule has 0 aromatic heterocycles. The van der Waals surface area contributed by atoms with E-state index in [1.165, 1.54) is 0 Å². The number of hydrogen-bond acceptors (Lipinski definition) is 2. The molecule has 0 radical (unpaired) electrons. The molecule has 29 heavy (non-hydrogen) atoms. The summed E-state index contributed by atoms with van der Waals surface area (Å²) in [6.07, 6.45) is 0.626. The van der Waals surface area contributed by atoms with Crippen LogP contribution >= 0.6 is 0 Å². The van der Waals surface area contributed by atoms with Gasteiger partial charge in [0.1, 0.15) is 0 Å². The first-order valence-corrected chi connectivity index (χ1v) is 10.2. The summed E-state index contributed by atoms with van der Waals surface area (Å²) in [6, 6.07) is 29.3. The van der Waals surface area contributed by atoms with Crippen molar-refractivity contribution in [1.82, 2.24) is 5.32 Å². The number of benzene rings is 3. The first-order chi connectivity index (χ1) is 14.1. The Balaban J connectivity index is 1.98. The third-order valence-corrected chi connectivity index (χ3v) is 5.58. The Bertz CT molecular complexity index is 854. The molecule has 0 aliphatic rings. The van der Waals surface area contributed by atoms with Gasteiger partial charge in [0, 0.05) is 17.0 Å². The molecule has 0 heterocycles. The summed E-state index contributed by atoms with van der Waals surface area (Å²) in [7, 11) is 0. The SMILES string of the molecule is CC[C@@H](O)C(C[C@H](C)NC(=O)c1ccccc1)(c1ccccc1)c1ccccc1. The first-order valence-electron chi connectivity index (χ1n) is 10.2. The summed E-state index contributed by atoms with van der Waals surface area (Å²) in [6.45, 7) is 4.00. The maximum Gasteiger partial charge on any atom is 0.251 e. The lowest BCUT2D eigenvalue weighted by Gasteiger charge is -2.41. The standard InChI is InChI=1S/C26H29NO2/c1-3-24(28)26(22-15-9-5-10-16-22,23-17-11-6-12-18-23)19-20(2)27-25(29)21-13-7-4-8-14-21/h4-18,20,24,28H,3,19H2,1-2H3,(H,27,29)/t20-,24+/m0/s1. The fourth-order valence-corrected chi connectivity index (χ4v) is 4.17. The summed E-state index contributed by atoms with van der Waals surface area (Å²) in [4.78, 5) is 12.7. The average molecular weight is 388 g/mol. The number of carbonyl (C=O) groups excluding carboxylic acids is 1. The molecule has 2 N–H and O–H groups in total. The Morgan fingerprint density at radius 2 is 1.31 bits per heavy atom. The molecule has 0 spiro atoms. The molecule has 3 aromatic carbocycles. The number of amides is 1. The van der Waals surface area contributed by atoms with Gasteiger partial charge < -0.3 is 10.4 Å². The smallest absolute Gasteiger partial charge is 0.251 e. The minimum Gasteiger partial charge on any atom is -0.392 e. The van der Waals surface area contributed by atoms with E-state index in [2.05, 4.69) is 29.6 Å². The van der Waals surface area contributed by atoms with E-state index in [1.807, 2.05) is 80.6 Å². The predicted octanol–water partition coefficient (Wildman–Crippen LogP) is 4.95. The highest BCUT2D eigenvalue weighted by atomic mass is 16.3. The molecule has 3 heteroatoms. The van der Waals surface area contributed by atoms with Gasteiger partial charge in [0.2, 0.25) is 0 Å². The van der Waals surface area contributed by atoms with E-state index in [9.17, 15) is 9.90 Å². The van der Waals surface area contributed by atoms with Crippen LogP contribution in [0, 0.1) is 0 Å². The molecule has 0 aliphatic heterocycles. The molecule has 3 aromatic rings. The largest absolute Gasteiger partial charge is 0.392 e. The third-order valence-electron chi connectivity index (χ3n) is 5.58. The van der Waals surface area contributed by atoms with Crippen LogP contribution in [0.25, 0.3) is 0 Å². The van der Waals surface area contributed by atoms with Crippen molar-refractivity contribution in [1.29, 1.82) is 0 Å². The Kier molecular flexibility index (Phi) is 6.84. The van der Waals surface area contributed by atoms with Crippen LogP contribution in [0.15, 0.2) is 91.0 Å². The van der Waals surface area contributed by atoms with Crippen molar-refractivity contribution in [3.63, 3.8) is 0 Å². The highest BCUT2D eigenvalue weighted by Gasteiger charge is 2.41. The van der Waals surface area contributed by atoms with E-state index in [0.717, 1.165) is 11.1 Å². The maximum absolute atomic E-state index is 12.7. The Hall–Kier alpha value is -2.91. The van der Waals surface area contributed by atoms with Crippen molar-refractivity contribution in [2.75, 3.05) is 0 Å². The topological polar surface area (TPSA) is 49.3 Å². The van der Waals surface area contributed by atoms with Crippen molar-refractivity contribution in [2.45, 2.75) is 44.2 Å². The monoisotopic (exact) mass is 387 g/mol. The molecule has 0 saturated carbocycles. The maximum atomic E-state index is 12.7. The van der Waals surface area contributed by atoms with Crippen LogP contribution in [0.5, 0.6) is 0 Å². The third kappa shape index (κ3) is 4.57. The number of aliphatic hydroxyl groups excluding tert-OH is 1. The fraction of sp³-hybridized carbons (Fsp3) is 0.269. The van der Waals surface area contributed by atoms with Gasteiger partial charge in [0.05, 0.1) is 6.10 Å². The normalized spacial score (nSPS) is 13.5. The van der Waals surface area contributed by atoms with Gasteiger partial charge in [-0.05, 0) is 43.0 Å². The summed E-state index contributed by atoms with van der Waals surface area (Å²) in [5.74, 6) is -0.0980. The number of hydrogen-bond donors (Lipinski definition) is 2. The molecule has 2 atom stereocenters. The van der Waals surface area contributed by atoms with Crippen LogP contribution in [-0.4, -0.2) is 23.2 Å². The van der Waals surface area contributed by atoms with Gasteiger partial charge in [-0.1, -0.05) is 85.8 Å². The second kappa shape index (κ2) is 9.53. The van der Waals surface area contributed by atoms with Crippen LogP contribution in [-0.2, 0) is 5.41 Å². The molecule has 0 aliphatic carbocycles. The molecular weight excluding hydrogens is 358 g/mol. The van der Waals surface area contributed by atoms with Crippen molar-refractivity contribution in [2.24, 2.45) is 0 Å². The number of nitrogens with one attached hydrogen (secondary N) is 1. The highest BCUT2D eigenvalue weighted by Crippen LogP contribution is 2.41. The van der Waals surface area contributed by atoms with E-state index in [-0.39, 0.29) is 11.9 Å². The second-order valence-corrected chi connectivity index (χ2v) is 7.57. The van der Waals surface area contributed by atoms with Crippen molar-refractivity contribution < 1.29 is 9.90 Å². The van der Waals surface area contributed by atoms with E-state index in [1.54, 1.807) is 0 Å². The van der Waals surface area contributed by atoms with Crippen LogP contribution in [0.2, 0.25) is 0 Å². The Morgan fingerprint density at radius 3 is 1.76 bits per heavy atom. The summed E-state index contributed by atoms with van der Waals surface area (Å²) in [5.41, 5.74) is 2.14. The van der Waals surface area contributed by atoms with Crippen molar-refractivity contribution >= 4 is 5.91 Å². The van der Waals surface area contributed by atoms with Crippen LogP contribution in [0.4, 0.5) is 0 Å². The van der Waals surface area contributed by atoms with Crippen LogP contribution in [0.3, 0.4) is 0 Å². The number of carbonyl (C=O) groups is 1. The van der Waals surface area contributed by atoms with Gasteiger partial charge in [-0.2, -0.15) is 0 Å². The van der Waals surface area contributed by atoms with E-state index < -0.39 is 11.5 Å². The average Bonchev–Trinajstić information content (AvgIpc) is 2.78. The lowest BCUT2D eigenvalue weighted by Crippen LogP contribution is -2.46. The van der Waals surface area contributed by atoms with Gasteiger partial charge in [-0.25, -0.2) is 0 Å². The minimum absolute atomic E-state index is 0.0980. The molecule has 0 bridgehead atoms. The van der Waals surface area contributed by atoms with Crippen molar-refractivity contribution in [3.05, 3.63) is 108 Å². The molecule has 1 amide bonds. The molecule has 0 fully saturated rings. The summed E-state index contributed by atoms with van der Waals surface area (Å²) < 4.78 is 0. The molecule has 0 unspecified atom stereocenters. The van der Waals surface area contributed by atoms with Crippen LogP contribution < -0.4 is 5.32 Å². The zero-order valence-electron chi connectivity index (χ0n) is 17.1. The quantitative estimate of drug-likeness (QED) is 0.574. The van der Waals surface area contributed by atoms with Crippen LogP contribution in [0.1, 0.15) is 48.2 Å². The first kappa shape index (κ1) is 20.8. The Labute approximate surface area is 173 Å². The van der Waals surface area contributed by atoms with E-state index >= 15 is 0 Å². The van der Waals surface area contributed by atoms with Crippen molar-refractivity contribution in [3.8, 4) is 0 Å². The number of rotatable bonds is 8. The highest BCUT2D eigenvalue weighted by molar-refractivity contribution is 5.94. The fourth-order valence-electron chi connectivity index (χ4n) is 4.17. The van der Waals surface area contributed by atoms with E-state index in [0.29, 0.717) is 18.4 Å². The summed E-state index contributed by atoms with van der Waals surface area (Å²) >= 11 is 0. The zero-order valence-corrected chi connectivity index (χ0v) is 17.1.